The van der Waals surface area contributed by atoms with Gasteiger partial charge in [0.25, 0.3) is 5.91 Å². The Bertz CT molecular complexity index is 1260. The Morgan fingerprint density at radius 3 is 2.25 bits per heavy atom. The first kappa shape index (κ1) is 29.5. The van der Waals surface area contributed by atoms with E-state index in [1.165, 1.54) is 23.7 Å². The number of halogens is 5. The first-order valence-electron chi connectivity index (χ1n) is 13.2. The molecule has 2 atom stereocenters. The summed E-state index contributed by atoms with van der Waals surface area (Å²) < 4.78 is 68.6. The van der Waals surface area contributed by atoms with Crippen LogP contribution in [0.5, 0.6) is 0 Å². The largest absolute Gasteiger partial charge is 0.406 e. The number of nitrogens with one attached hydrogen (secondary N) is 2. The minimum absolute atomic E-state index is 0.136. The maximum absolute atomic E-state index is 15.1. The lowest BCUT2D eigenvalue weighted by Crippen LogP contribution is -2.50. The second-order valence-electron chi connectivity index (χ2n) is 10.6. The number of carbonyl (C=O) groups excluding carboxylic acids is 3. The van der Waals surface area contributed by atoms with E-state index in [0.717, 1.165) is 45.0 Å². The monoisotopic (exact) mass is 569 g/mol. The molecule has 1 aromatic heterocycles. The maximum atomic E-state index is 15.1. The number of rotatable bonds is 11. The van der Waals surface area contributed by atoms with Gasteiger partial charge in [0.15, 0.2) is 11.5 Å². The van der Waals surface area contributed by atoms with E-state index in [4.69, 9.17) is 0 Å². The fraction of sp³-hybridized carbons (Fsp3) is 0.556. The molecule has 2 aliphatic carbocycles. The van der Waals surface area contributed by atoms with Gasteiger partial charge >= 0.3 is 6.18 Å². The van der Waals surface area contributed by atoms with Crippen molar-refractivity contribution in [3.63, 3.8) is 0 Å². The molecule has 1 heterocycles. The predicted molar refractivity (Wildman–Crippen MR) is 135 cm³/mol. The van der Waals surface area contributed by atoms with Crippen LogP contribution < -0.4 is 10.6 Å². The van der Waals surface area contributed by atoms with Gasteiger partial charge in [0.2, 0.25) is 11.8 Å². The van der Waals surface area contributed by atoms with E-state index in [0.29, 0.717) is 4.90 Å². The minimum Gasteiger partial charge on any atom is -0.339 e. The summed E-state index contributed by atoms with van der Waals surface area (Å²) in [6, 6.07) is 2.51. The summed E-state index contributed by atoms with van der Waals surface area (Å²) in [5.41, 5.74) is -0.377. The standard InChI is InChI=1S/C27H32F5N5O3/c1-4-37-23(19(29)12-33-37)25(39)35-22(21(15-5-6-15)16-7-8-16)24(38)34-20-10-9-17(11-18(20)28)14(2)26(40)36(3)13-27(30,31)32/h9-12,14-16,21-22H,4-8,13H2,1-3H3,(H,34,38)(H,35,39)/t14-,22-/m0/s1. The van der Waals surface area contributed by atoms with Crippen LogP contribution >= 0.6 is 0 Å². The smallest absolute Gasteiger partial charge is 0.339 e. The van der Waals surface area contributed by atoms with Gasteiger partial charge in [-0.2, -0.15) is 18.3 Å². The van der Waals surface area contributed by atoms with Crippen LogP contribution in [0.4, 0.5) is 27.6 Å². The van der Waals surface area contributed by atoms with Crippen LogP contribution in [0.25, 0.3) is 0 Å². The van der Waals surface area contributed by atoms with Crippen molar-refractivity contribution in [1.29, 1.82) is 0 Å². The van der Waals surface area contributed by atoms with Gasteiger partial charge in [0.1, 0.15) is 18.4 Å². The molecular formula is C27H32F5N5O3. The molecule has 0 radical (unpaired) electrons. The normalized spacial score (nSPS) is 16.9. The number of nitrogens with zero attached hydrogens (tertiary/aromatic N) is 3. The van der Waals surface area contributed by atoms with Gasteiger partial charge in [-0.25, -0.2) is 8.78 Å². The molecule has 3 amide bonds. The Morgan fingerprint density at radius 1 is 1.10 bits per heavy atom. The summed E-state index contributed by atoms with van der Waals surface area (Å²) in [6.07, 6.45) is -0.0914. The number of anilines is 1. The third-order valence-electron chi connectivity index (χ3n) is 7.51. The van der Waals surface area contributed by atoms with Crippen LogP contribution in [-0.2, 0) is 16.1 Å². The summed E-state index contributed by atoms with van der Waals surface area (Å²) in [6.45, 7) is 1.86. The quantitative estimate of drug-likeness (QED) is 0.390. The third-order valence-corrected chi connectivity index (χ3v) is 7.51. The highest BCUT2D eigenvalue weighted by Crippen LogP contribution is 2.51. The van der Waals surface area contributed by atoms with Crippen LogP contribution in [0.1, 0.15) is 61.5 Å². The fourth-order valence-corrected chi connectivity index (χ4v) is 5.20. The van der Waals surface area contributed by atoms with Crippen molar-refractivity contribution in [2.45, 2.75) is 64.2 Å². The molecular weight excluding hydrogens is 537 g/mol. The van der Waals surface area contributed by atoms with Crippen LogP contribution in [0, 0.1) is 29.4 Å². The Balaban J connectivity index is 1.52. The SMILES string of the molecule is CCn1ncc(F)c1C(=O)N[C@H](C(=O)Nc1ccc([C@H](C)C(=O)N(C)CC(F)(F)F)cc1F)C(C1CC1)C1CC1. The lowest BCUT2D eigenvalue weighted by molar-refractivity contribution is -0.159. The minimum atomic E-state index is -4.57. The summed E-state index contributed by atoms with van der Waals surface area (Å²) in [4.78, 5) is 39.5. The lowest BCUT2D eigenvalue weighted by atomic mass is 9.88. The van der Waals surface area contributed by atoms with Gasteiger partial charge < -0.3 is 15.5 Å². The van der Waals surface area contributed by atoms with E-state index in [2.05, 4.69) is 15.7 Å². The van der Waals surface area contributed by atoms with Crippen molar-refractivity contribution in [1.82, 2.24) is 20.0 Å². The number of amides is 3. The Morgan fingerprint density at radius 2 is 1.73 bits per heavy atom. The topological polar surface area (TPSA) is 96.3 Å². The van der Waals surface area contributed by atoms with Crippen molar-refractivity contribution in [2.75, 3.05) is 18.9 Å². The molecule has 4 rings (SSSR count). The molecule has 0 aliphatic heterocycles. The van der Waals surface area contributed by atoms with E-state index < -0.39 is 54.0 Å². The average Bonchev–Trinajstić information content (AvgIpc) is 3.82. The van der Waals surface area contributed by atoms with Crippen molar-refractivity contribution in [2.24, 2.45) is 17.8 Å². The summed E-state index contributed by atoms with van der Waals surface area (Å²) >= 11 is 0. The summed E-state index contributed by atoms with van der Waals surface area (Å²) in [7, 11) is 1.02. The molecule has 218 valence electrons. The van der Waals surface area contributed by atoms with Gasteiger partial charge in [0, 0.05) is 13.6 Å². The highest BCUT2D eigenvalue weighted by molar-refractivity contribution is 6.01. The Labute approximate surface area is 228 Å². The molecule has 2 N–H and O–H groups in total. The molecule has 40 heavy (non-hydrogen) atoms. The number of aromatic nitrogens is 2. The molecule has 2 aromatic rings. The molecule has 0 spiro atoms. The average molecular weight is 570 g/mol. The Hall–Kier alpha value is -3.51. The zero-order chi connectivity index (χ0) is 29.4. The zero-order valence-electron chi connectivity index (χ0n) is 22.4. The van der Waals surface area contributed by atoms with E-state index in [-0.39, 0.29) is 41.2 Å². The number of aryl methyl sites for hydroxylation is 1. The fourth-order valence-electron chi connectivity index (χ4n) is 5.20. The first-order valence-corrected chi connectivity index (χ1v) is 13.2. The molecule has 8 nitrogen and oxygen atoms in total. The van der Waals surface area contributed by atoms with Crippen LogP contribution in [-0.4, -0.2) is 58.2 Å². The number of alkyl halides is 3. The van der Waals surface area contributed by atoms with Gasteiger partial charge in [-0.1, -0.05) is 6.07 Å². The molecule has 2 saturated carbocycles. The van der Waals surface area contributed by atoms with Gasteiger partial charge in [-0.15, -0.1) is 0 Å². The highest BCUT2D eigenvalue weighted by Gasteiger charge is 2.48. The van der Waals surface area contributed by atoms with Gasteiger partial charge in [-0.05, 0) is 75.0 Å². The molecule has 0 saturated heterocycles. The second kappa shape index (κ2) is 11.5. The number of carbonyl (C=O) groups is 3. The van der Waals surface area contributed by atoms with E-state index >= 15 is 4.39 Å². The molecule has 2 fully saturated rings. The second-order valence-corrected chi connectivity index (χ2v) is 10.6. The summed E-state index contributed by atoms with van der Waals surface area (Å²) in [5.74, 6) is -4.87. The number of hydrogen-bond acceptors (Lipinski definition) is 4. The van der Waals surface area contributed by atoms with E-state index in [1.54, 1.807) is 6.92 Å². The predicted octanol–water partition coefficient (Wildman–Crippen LogP) is 4.48. The van der Waals surface area contributed by atoms with Gasteiger partial charge in [0.05, 0.1) is 17.8 Å². The Kier molecular flexibility index (Phi) is 8.50. The highest BCUT2D eigenvalue weighted by atomic mass is 19.4. The van der Waals surface area contributed by atoms with Crippen molar-refractivity contribution >= 4 is 23.4 Å². The molecule has 13 heteroatoms. The zero-order valence-corrected chi connectivity index (χ0v) is 22.4. The lowest BCUT2D eigenvalue weighted by Gasteiger charge is -2.28. The van der Waals surface area contributed by atoms with Crippen LogP contribution in [0.2, 0.25) is 0 Å². The van der Waals surface area contributed by atoms with E-state index in [1.807, 2.05) is 0 Å². The molecule has 2 aliphatic rings. The van der Waals surface area contributed by atoms with Crippen molar-refractivity contribution in [3.05, 3.63) is 47.3 Å². The summed E-state index contributed by atoms with van der Waals surface area (Å²) in [5, 5.41) is 9.02. The number of likely N-dealkylation sites (N-methyl/N-ethyl adjacent to an activating group) is 1. The van der Waals surface area contributed by atoms with Crippen LogP contribution in [0.15, 0.2) is 24.4 Å². The van der Waals surface area contributed by atoms with Crippen molar-refractivity contribution in [3.8, 4) is 0 Å². The van der Waals surface area contributed by atoms with Gasteiger partial charge in [-0.3, -0.25) is 19.1 Å². The first-order chi connectivity index (χ1) is 18.8. The third kappa shape index (κ3) is 6.79. The van der Waals surface area contributed by atoms with E-state index in [9.17, 15) is 31.9 Å². The molecule has 0 bridgehead atoms. The van der Waals surface area contributed by atoms with Crippen LogP contribution in [0.3, 0.4) is 0 Å². The number of hydrogen-bond donors (Lipinski definition) is 2. The molecule has 0 unspecified atom stereocenters. The van der Waals surface area contributed by atoms with Crippen molar-refractivity contribution < 1.29 is 36.3 Å². The maximum Gasteiger partial charge on any atom is 0.406 e. The number of benzene rings is 1. The molecule has 1 aromatic carbocycles.